The van der Waals surface area contributed by atoms with E-state index in [-0.39, 0.29) is 0 Å². The van der Waals surface area contributed by atoms with E-state index in [0.29, 0.717) is 19.3 Å². The van der Waals surface area contributed by atoms with Gasteiger partial charge in [0.25, 0.3) is 0 Å². The second kappa shape index (κ2) is 6.80. The smallest absolute Gasteiger partial charge is 0.320 e. The summed E-state index contributed by atoms with van der Waals surface area (Å²) in [5.74, 6) is -0.812. The number of nitrogens with one attached hydrogen (secondary N) is 1. The predicted octanol–water partition coefficient (Wildman–Crippen LogP) is 1.40. The molecule has 1 aliphatic rings. The number of hydrogen-bond donors (Lipinski definition) is 2. The Morgan fingerprint density at radius 2 is 2.13 bits per heavy atom. The summed E-state index contributed by atoms with van der Waals surface area (Å²) in [5.41, 5.74) is 0. The van der Waals surface area contributed by atoms with Crippen molar-refractivity contribution < 1.29 is 14.6 Å². The molecule has 0 aromatic carbocycles. The number of aliphatic carboxylic acids is 1. The second-order valence-electron chi connectivity index (χ2n) is 4.14. The Balaban J connectivity index is 1.98. The molecule has 1 atom stereocenters. The van der Waals surface area contributed by atoms with Crippen LogP contribution in [0.3, 0.4) is 0 Å². The van der Waals surface area contributed by atoms with Gasteiger partial charge in [-0.05, 0) is 19.8 Å². The first-order valence-corrected chi connectivity index (χ1v) is 5.78. The van der Waals surface area contributed by atoms with Crippen LogP contribution in [-0.4, -0.2) is 36.4 Å². The molecule has 0 spiro atoms. The van der Waals surface area contributed by atoms with Crippen molar-refractivity contribution in [1.29, 1.82) is 0 Å². The van der Waals surface area contributed by atoms with Gasteiger partial charge in [0.15, 0.2) is 0 Å². The number of carbonyl (C=O) groups is 1. The average molecular weight is 215 g/mol. The molecular weight excluding hydrogens is 194 g/mol. The van der Waals surface area contributed by atoms with Crippen molar-refractivity contribution in [2.45, 2.75) is 51.2 Å². The van der Waals surface area contributed by atoms with E-state index in [1.165, 1.54) is 19.3 Å². The molecule has 0 aliphatic heterocycles. The van der Waals surface area contributed by atoms with Crippen molar-refractivity contribution in [2.75, 3.05) is 13.2 Å². The van der Waals surface area contributed by atoms with Crippen molar-refractivity contribution in [3.63, 3.8) is 0 Å². The summed E-state index contributed by atoms with van der Waals surface area (Å²) < 4.78 is 5.66. The third kappa shape index (κ3) is 5.14. The maximum Gasteiger partial charge on any atom is 0.320 e. The maximum atomic E-state index is 10.5. The van der Waals surface area contributed by atoms with E-state index in [4.69, 9.17) is 9.84 Å². The van der Waals surface area contributed by atoms with Crippen molar-refractivity contribution in [3.05, 3.63) is 0 Å². The molecule has 0 bridgehead atoms. The molecule has 2 N–H and O–H groups in total. The first-order valence-electron chi connectivity index (χ1n) is 5.78. The van der Waals surface area contributed by atoms with Crippen LogP contribution in [0.25, 0.3) is 0 Å². The van der Waals surface area contributed by atoms with Gasteiger partial charge >= 0.3 is 5.97 Å². The number of hydrogen-bond acceptors (Lipinski definition) is 3. The number of carboxylic acid groups (broad SMARTS) is 1. The zero-order chi connectivity index (χ0) is 11.1. The third-order valence-electron chi connectivity index (χ3n) is 2.83. The maximum absolute atomic E-state index is 10.5. The minimum atomic E-state index is -0.812. The van der Waals surface area contributed by atoms with Crippen molar-refractivity contribution >= 4 is 5.97 Å². The summed E-state index contributed by atoms with van der Waals surface area (Å²) >= 11 is 0. The molecule has 15 heavy (non-hydrogen) atoms. The SMILES string of the molecule is CC(NCCOC1CCCCC1)C(=O)O. The third-order valence-corrected chi connectivity index (χ3v) is 2.83. The average Bonchev–Trinajstić information content (AvgIpc) is 2.25. The van der Waals surface area contributed by atoms with Crippen LogP contribution in [0.1, 0.15) is 39.0 Å². The molecule has 0 aromatic rings. The Bertz CT molecular complexity index is 190. The molecule has 0 heterocycles. The molecule has 0 amide bonds. The summed E-state index contributed by atoms with van der Waals surface area (Å²) in [5, 5.41) is 11.5. The molecule has 0 radical (unpaired) electrons. The van der Waals surface area contributed by atoms with E-state index < -0.39 is 12.0 Å². The lowest BCUT2D eigenvalue weighted by Gasteiger charge is -2.22. The van der Waals surface area contributed by atoms with Crippen LogP contribution in [0.4, 0.5) is 0 Å². The van der Waals surface area contributed by atoms with Gasteiger partial charge in [0.2, 0.25) is 0 Å². The van der Waals surface area contributed by atoms with Gasteiger partial charge in [-0.25, -0.2) is 0 Å². The Morgan fingerprint density at radius 1 is 1.47 bits per heavy atom. The molecule has 1 aliphatic carbocycles. The van der Waals surface area contributed by atoms with Crippen LogP contribution in [0.15, 0.2) is 0 Å². The molecule has 1 fully saturated rings. The Labute approximate surface area is 91.0 Å². The summed E-state index contributed by atoms with van der Waals surface area (Å²) in [6.07, 6.45) is 6.59. The van der Waals surface area contributed by atoms with Crippen LogP contribution in [0.2, 0.25) is 0 Å². The van der Waals surface area contributed by atoms with E-state index in [9.17, 15) is 4.79 Å². The highest BCUT2D eigenvalue weighted by atomic mass is 16.5. The van der Waals surface area contributed by atoms with E-state index in [1.54, 1.807) is 6.92 Å². The van der Waals surface area contributed by atoms with Gasteiger partial charge in [-0.15, -0.1) is 0 Å². The lowest BCUT2D eigenvalue weighted by atomic mass is 9.98. The van der Waals surface area contributed by atoms with Crippen LogP contribution in [0.5, 0.6) is 0 Å². The van der Waals surface area contributed by atoms with Gasteiger partial charge in [0.05, 0.1) is 12.7 Å². The minimum absolute atomic E-state index is 0.403. The van der Waals surface area contributed by atoms with Gasteiger partial charge in [-0.2, -0.15) is 0 Å². The molecule has 0 saturated heterocycles. The zero-order valence-corrected chi connectivity index (χ0v) is 9.37. The monoisotopic (exact) mass is 215 g/mol. The highest BCUT2D eigenvalue weighted by Gasteiger charge is 2.14. The van der Waals surface area contributed by atoms with Crippen molar-refractivity contribution in [1.82, 2.24) is 5.32 Å². The van der Waals surface area contributed by atoms with Crippen molar-refractivity contribution in [3.8, 4) is 0 Å². The molecule has 88 valence electrons. The highest BCUT2D eigenvalue weighted by Crippen LogP contribution is 2.19. The largest absolute Gasteiger partial charge is 0.480 e. The highest BCUT2D eigenvalue weighted by molar-refractivity contribution is 5.72. The number of carboxylic acids is 1. The predicted molar refractivity (Wildman–Crippen MR) is 57.9 cm³/mol. The molecular formula is C11H21NO3. The lowest BCUT2D eigenvalue weighted by Crippen LogP contribution is -2.36. The molecule has 1 saturated carbocycles. The molecule has 1 unspecified atom stereocenters. The van der Waals surface area contributed by atoms with Crippen LogP contribution in [-0.2, 0) is 9.53 Å². The number of rotatable bonds is 6. The zero-order valence-electron chi connectivity index (χ0n) is 9.37. The Hall–Kier alpha value is -0.610. The van der Waals surface area contributed by atoms with Gasteiger partial charge in [0.1, 0.15) is 6.04 Å². The normalized spacial score (nSPS) is 20.1. The van der Waals surface area contributed by atoms with Gasteiger partial charge in [-0.1, -0.05) is 19.3 Å². The van der Waals surface area contributed by atoms with E-state index in [1.807, 2.05) is 0 Å². The fourth-order valence-electron chi connectivity index (χ4n) is 1.82. The van der Waals surface area contributed by atoms with Gasteiger partial charge in [-0.3, -0.25) is 4.79 Å². The molecule has 4 nitrogen and oxygen atoms in total. The van der Waals surface area contributed by atoms with Crippen LogP contribution in [0, 0.1) is 0 Å². The van der Waals surface area contributed by atoms with E-state index >= 15 is 0 Å². The summed E-state index contributed by atoms with van der Waals surface area (Å²) in [6, 6.07) is -0.486. The van der Waals surface area contributed by atoms with E-state index in [2.05, 4.69) is 5.32 Å². The van der Waals surface area contributed by atoms with Gasteiger partial charge < -0.3 is 15.2 Å². The summed E-state index contributed by atoms with van der Waals surface area (Å²) in [7, 11) is 0. The Kier molecular flexibility index (Phi) is 5.65. The van der Waals surface area contributed by atoms with E-state index in [0.717, 1.165) is 12.8 Å². The molecule has 1 rings (SSSR count). The minimum Gasteiger partial charge on any atom is -0.480 e. The lowest BCUT2D eigenvalue weighted by molar-refractivity contribution is -0.139. The molecule has 0 aromatic heterocycles. The van der Waals surface area contributed by atoms with Crippen LogP contribution < -0.4 is 5.32 Å². The summed E-state index contributed by atoms with van der Waals surface area (Å²) in [4.78, 5) is 10.5. The number of ether oxygens (including phenoxy) is 1. The topological polar surface area (TPSA) is 58.6 Å². The van der Waals surface area contributed by atoms with Crippen molar-refractivity contribution in [2.24, 2.45) is 0 Å². The molecule has 4 heteroatoms. The van der Waals surface area contributed by atoms with Crippen LogP contribution >= 0.6 is 0 Å². The first-order chi connectivity index (χ1) is 7.20. The fourth-order valence-corrected chi connectivity index (χ4v) is 1.82. The summed E-state index contributed by atoms with van der Waals surface area (Å²) in [6.45, 7) is 2.87. The second-order valence-corrected chi connectivity index (χ2v) is 4.14. The standard InChI is InChI=1S/C11H21NO3/c1-9(11(13)14)12-7-8-15-10-5-3-2-4-6-10/h9-10,12H,2-8H2,1H3,(H,13,14). The first kappa shape index (κ1) is 12.5. The quantitative estimate of drug-likeness (QED) is 0.657. The fraction of sp³-hybridized carbons (Fsp3) is 0.909. The Morgan fingerprint density at radius 3 is 2.73 bits per heavy atom. The van der Waals surface area contributed by atoms with Gasteiger partial charge in [0, 0.05) is 6.54 Å².